The molecule has 0 aliphatic carbocycles. The number of piperidine rings is 1. The summed E-state index contributed by atoms with van der Waals surface area (Å²) in [4.78, 5) is 5.16. The van der Waals surface area contributed by atoms with Gasteiger partial charge in [0.15, 0.2) is 0 Å². The highest BCUT2D eigenvalue weighted by Gasteiger charge is 2.41. The molecule has 0 spiro atoms. The summed E-state index contributed by atoms with van der Waals surface area (Å²) in [6.07, 6.45) is 2.73. The van der Waals surface area contributed by atoms with Crippen LogP contribution in [-0.4, -0.2) is 62.2 Å². The van der Waals surface area contributed by atoms with Gasteiger partial charge in [0.2, 0.25) is 0 Å². The second-order valence-electron chi connectivity index (χ2n) is 4.43. The topological polar surface area (TPSA) is 18.5 Å². The molecule has 1 N–H and O–H groups in total. The van der Waals surface area contributed by atoms with Gasteiger partial charge >= 0.3 is 0 Å². The van der Waals surface area contributed by atoms with Crippen molar-refractivity contribution in [1.29, 1.82) is 0 Å². The minimum atomic E-state index is 0.869. The fraction of sp³-hybridized carbons (Fsp3) is 1.00. The quantitative estimate of drug-likeness (QED) is 0.618. The molecule has 0 amide bonds. The molecule has 0 aromatic carbocycles. The molecule has 3 aliphatic heterocycles. The maximum absolute atomic E-state index is 3.20. The zero-order chi connectivity index (χ0) is 9.26. The highest BCUT2D eigenvalue weighted by Crippen LogP contribution is 2.29. The van der Waals surface area contributed by atoms with Crippen molar-refractivity contribution in [3.05, 3.63) is 0 Å². The Morgan fingerprint density at radius 1 is 1.31 bits per heavy atom. The first kappa shape index (κ1) is 9.44. The second kappa shape index (κ2) is 3.95. The van der Waals surface area contributed by atoms with Gasteiger partial charge in [-0.25, -0.2) is 0 Å². The molecule has 76 valence electrons. The van der Waals surface area contributed by atoms with Crippen LogP contribution in [0.3, 0.4) is 0 Å². The first-order valence-corrected chi connectivity index (χ1v) is 5.40. The van der Waals surface area contributed by atoms with E-state index in [0.29, 0.717) is 0 Å². The largest absolute Gasteiger partial charge is 0.320 e. The van der Waals surface area contributed by atoms with Crippen LogP contribution in [0.1, 0.15) is 12.8 Å². The Labute approximate surface area is 81.1 Å². The van der Waals surface area contributed by atoms with Gasteiger partial charge in [-0.2, -0.15) is 0 Å². The van der Waals surface area contributed by atoms with Gasteiger partial charge in [-0.3, -0.25) is 4.90 Å². The molecular weight excluding hydrogens is 162 g/mol. The van der Waals surface area contributed by atoms with Crippen LogP contribution < -0.4 is 5.32 Å². The molecule has 0 aromatic heterocycles. The molecule has 0 radical (unpaired) electrons. The summed E-state index contributed by atoms with van der Waals surface area (Å²) in [5.41, 5.74) is 0. The van der Waals surface area contributed by atoms with Gasteiger partial charge < -0.3 is 10.2 Å². The van der Waals surface area contributed by atoms with Crippen molar-refractivity contribution < 1.29 is 0 Å². The molecule has 2 atom stereocenters. The van der Waals surface area contributed by atoms with Gasteiger partial charge in [0.25, 0.3) is 0 Å². The van der Waals surface area contributed by atoms with Gasteiger partial charge in [-0.15, -0.1) is 0 Å². The SMILES string of the molecule is CNCCCN1CC2CC(C1)N2C. The van der Waals surface area contributed by atoms with Crippen molar-refractivity contribution in [2.75, 3.05) is 40.3 Å². The van der Waals surface area contributed by atoms with E-state index >= 15 is 0 Å². The Balaban J connectivity index is 1.67. The number of hydrogen-bond acceptors (Lipinski definition) is 3. The van der Waals surface area contributed by atoms with Crippen molar-refractivity contribution in [2.24, 2.45) is 0 Å². The molecule has 3 heterocycles. The van der Waals surface area contributed by atoms with E-state index < -0.39 is 0 Å². The Hall–Kier alpha value is -0.120. The number of nitrogens with zero attached hydrogens (tertiary/aromatic N) is 2. The minimum absolute atomic E-state index is 0.869. The molecule has 0 saturated carbocycles. The molecule has 3 fully saturated rings. The van der Waals surface area contributed by atoms with E-state index in [9.17, 15) is 0 Å². The third-order valence-electron chi connectivity index (χ3n) is 3.54. The van der Waals surface area contributed by atoms with Gasteiger partial charge in [-0.05, 0) is 40.0 Å². The number of likely N-dealkylation sites (N-methyl/N-ethyl adjacent to an activating group) is 1. The van der Waals surface area contributed by atoms with Gasteiger partial charge in [0.1, 0.15) is 0 Å². The number of hydrogen-bond donors (Lipinski definition) is 1. The average Bonchev–Trinajstić information content (AvgIpc) is 2.18. The smallest absolute Gasteiger partial charge is 0.0238 e. The van der Waals surface area contributed by atoms with Crippen LogP contribution in [0.4, 0.5) is 0 Å². The monoisotopic (exact) mass is 183 g/mol. The molecule has 2 bridgehead atoms. The standard InChI is InChI=1S/C10H21N3/c1-11-4-3-5-13-7-9-6-10(8-13)12(9)2/h9-11H,3-8H2,1-2H3. The fourth-order valence-electron chi connectivity index (χ4n) is 2.55. The van der Waals surface area contributed by atoms with Crippen LogP contribution >= 0.6 is 0 Å². The summed E-state index contributed by atoms with van der Waals surface area (Å²) in [7, 11) is 4.30. The molecule has 3 rings (SSSR count). The number of rotatable bonds is 4. The maximum atomic E-state index is 3.20. The van der Waals surface area contributed by atoms with E-state index in [2.05, 4.69) is 22.2 Å². The van der Waals surface area contributed by atoms with Gasteiger partial charge in [0, 0.05) is 25.2 Å². The Morgan fingerprint density at radius 2 is 2.00 bits per heavy atom. The van der Waals surface area contributed by atoms with Crippen LogP contribution in [0.2, 0.25) is 0 Å². The van der Waals surface area contributed by atoms with Crippen molar-refractivity contribution >= 4 is 0 Å². The third-order valence-corrected chi connectivity index (χ3v) is 3.54. The minimum Gasteiger partial charge on any atom is -0.320 e. The van der Waals surface area contributed by atoms with Crippen LogP contribution in [0.25, 0.3) is 0 Å². The van der Waals surface area contributed by atoms with E-state index in [1.807, 2.05) is 7.05 Å². The summed E-state index contributed by atoms with van der Waals surface area (Å²) < 4.78 is 0. The summed E-state index contributed by atoms with van der Waals surface area (Å²) in [5, 5.41) is 3.20. The van der Waals surface area contributed by atoms with E-state index in [0.717, 1.165) is 18.6 Å². The first-order valence-electron chi connectivity index (χ1n) is 5.40. The summed E-state index contributed by atoms with van der Waals surface area (Å²) in [6, 6.07) is 1.74. The molecule has 3 aliphatic rings. The molecule has 3 heteroatoms. The van der Waals surface area contributed by atoms with Crippen molar-refractivity contribution in [1.82, 2.24) is 15.1 Å². The summed E-state index contributed by atoms with van der Waals surface area (Å²) in [5.74, 6) is 0. The third kappa shape index (κ3) is 1.87. The maximum Gasteiger partial charge on any atom is 0.0238 e. The Kier molecular flexibility index (Phi) is 2.86. The van der Waals surface area contributed by atoms with E-state index in [-0.39, 0.29) is 0 Å². The highest BCUT2D eigenvalue weighted by molar-refractivity contribution is 4.98. The van der Waals surface area contributed by atoms with Crippen LogP contribution in [0.5, 0.6) is 0 Å². The predicted octanol–water partition coefficient (Wildman–Crippen LogP) is -0.0158. The van der Waals surface area contributed by atoms with Crippen molar-refractivity contribution in [3.8, 4) is 0 Å². The lowest BCUT2D eigenvalue weighted by molar-refractivity contribution is -0.0502. The molecule has 13 heavy (non-hydrogen) atoms. The second-order valence-corrected chi connectivity index (χ2v) is 4.43. The van der Waals surface area contributed by atoms with Gasteiger partial charge in [0.05, 0.1) is 0 Å². The lowest BCUT2D eigenvalue weighted by Crippen LogP contribution is -2.67. The zero-order valence-electron chi connectivity index (χ0n) is 8.79. The van der Waals surface area contributed by atoms with E-state index in [4.69, 9.17) is 0 Å². The molecule has 3 nitrogen and oxygen atoms in total. The average molecular weight is 183 g/mol. The Morgan fingerprint density at radius 3 is 2.54 bits per heavy atom. The number of nitrogens with one attached hydrogen (secondary N) is 1. The van der Waals surface area contributed by atoms with E-state index in [1.54, 1.807) is 0 Å². The van der Waals surface area contributed by atoms with E-state index in [1.165, 1.54) is 32.5 Å². The van der Waals surface area contributed by atoms with Gasteiger partial charge in [-0.1, -0.05) is 0 Å². The molecule has 0 aromatic rings. The fourth-order valence-corrected chi connectivity index (χ4v) is 2.55. The first-order chi connectivity index (χ1) is 6.31. The normalized spacial score (nSPS) is 34.6. The summed E-state index contributed by atoms with van der Waals surface area (Å²) in [6.45, 7) is 5.04. The van der Waals surface area contributed by atoms with Crippen molar-refractivity contribution in [2.45, 2.75) is 24.9 Å². The zero-order valence-corrected chi connectivity index (χ0v) is 8.79. The van der Waals surface area contributed by atoms with Crippen LogP contribution in [0.15, 0.2) is 0 Å². The van der Waals surface area contributed by atoms with Crippen LogP contribution in [-0.2, 0) is 0 Å². The lowest BCUT2D eigenvalue weighted by Gasteiger charge is -2.55. The molecular formula is C10H21N3. The van der Waals surface area contributed by atoms with Crippen LogP contribution in [0, 0.1) is 0 Å². The Bertz CT molecular complexity index is 160. The van der Waals surface area contributed by atoms with Crippen molar-refractivity contribution in [3.63, 3.8) is 0 Å². The molecule has 2 unspecified atom stereocenters. The lowest BCUT2D eigenvalue weighted by atomic mass is 9.88. The predicted molar refractivity (Wildman–Crippen MR) is 54.9 cm³/mol. The number of fused-ring (bicyclic) bond motifs is 2. The highest BCUT2D eigenvalue weighted by atomic mass is 15.3. The molecule has 3 saturated heterocycles. The summed E-state index contributed by atoms with van der Waals surface area (Å²) >= 11 is 0. The number of piperazine rings is 1.